The molecular formula is C23H27BrCl2N2O2S. The average Bonchev–Trinajstić information content (AvgIpc) is 2.73. The monoisotopic (exact) mass is 544 g/mol. The summed E-state index contributed by atoms with van der Waals surface area (Å²) in [5, 5.41) is 4.14. The van der Waals surface area contributed by atoms with Crippen LogP contribution >= 0.6 is 50.9 Å². The first-order valence-electron chi connectivity index (χ1n) is 10.1. The van der Waals surface area contributed by atoms with E-state index in [0.29, 0.717) is 22.3 Å². The summed E-state index contributed by atoms with van der Waals surface area (Å²) >= 11 is 17.4. The highest BCUT2D eigenvalue weighted by Crippen LogP contribution is 2.28. The predicted molar refractivity (Wildman–Crippen MR) is 135 cm³/mol. The van der Waals surface area contributed by atoms with Crippen LogP contribution in [0.15, 0.2) is 46.9 Å². The number of nitrogens with one attached hydrogen (secondary N) is 1. The molecule has 8 heteroatoms. The molecule has 0 fully saturated rings. The van der Waals surface area contributed by atoms with Crippen LogP contribution in [0.25, 0.3) is 0 Å². The van der Waals surface area contributed by atoms with Crippen LogP contribution in [-0.2, 0) is 21.9 Å². The highest BCUT2D eigenvalue weighted by atomic mass is 79.9. The number of amides is 2. The lowest BCUT2D eigenvalue weighted by atomic mass is 10.1. The van der Waals surface area contributed by atoms with Crippen LogP contribution in [-0.4, -0.2) is 34.6 Å². The first kappa shape index (κ1) is 26.0. The van der Waals surface area contributed by atoms with E-state index in [9.17, 15) is 9.59 Å². The van der Waals surface area contributed by atoms with Gasteiger partial charge in [-0.25, -0.2) is 0 Å². The van der Waals surface area contributed by atoms with E-state index in [-0.39, 0.29) is 23.6 Å². The maximum atomic E-state index is 13.1. The molecule has 0 saturated heterocycles. The largest absolute Gasteiger partial charge is 0.352 e. The Morgan fingerprint density at radius 2 is 1.77 bits per heavy atom. The van der Waals surface area contributed by atoms with Crippen LogP contribution < -0.4 is 5.32 Å². The molecule has 0 aliphatic heterocycles. The van der Waals surface area contributed by atoms with Crippen molar-refractivity contribution in [3.8, 4) is 0 Å². The number of nitrogens with zero attached hydrogens (tertiary/aromatic N) is 1. The van der Waals surface area contributed by atoms with E-state index in [2.05, 4.69) is 21.2 Å². The molecule has 0 aliphatic carbocycles. The Morgan fingerprint density at radius 3 is 2.39 bits per heavy atom. The van der Waals surface area contributed by atoms with Crippen molar-refractivity contribution in [1.29, 1.82) is 0 Å². The van der Waals surface area contributed by atoms with E-state index >= 15 is 0 Å². The summed E-state index contributed by atoms with van der Waals surface area (Å²) in [6.45, 7) is 6.08. The zero-order valence-corrected chi connectivity index (χ0v) is 21.7. The van der Waals surface area contributed by atoms with E-state index in [1.54, 1.807) is 30.0 Å². The number of carbonyl (C=O) groups is 2. The van der Waals surface area contributed by atoms with Gasteiger partial charge in [0.25, 0.3) is 0 Å². The molecule has 2 rings (SSSR count). The van der Waals surface area contributed by atoms with Gasteiger partial charge in [0.2, 0.25) is 11.8 Å². The SMILES string of the molecule is CC[C@H](C)NC(=O)[C@@H](C)N(Cc1cccc(Br)c1)C(=O)CSCc1c(Cl)cccc1Cl. The number of carbonyl (C=O) groups excluding carboxylic acids is 2. The van der Waals surface area contributed by atoms with Gasteiger partial charge in [-0.2, -0.15) is 0 Å². The first-order valence-corrected chi connectivity index (χ1v) is 12.8. The highest BCUT2D eigenvalue weighted by Gasteiger charge is 2.26. The topological polar surface area (TPSA) is 49.4 Å². The van der Waals surface area contributed by atoms with Crippen LogP contribution in [0.3, 0.4) is 0 Å². The quantitative estimate of drug-likeness (QED) is 0.380. The maximum Gasteiger partial charge on any atom is 0.242 e. The maximum absolute atomic E-state index is 13.1. The minimum Gasteiger partial charge on any atom is -0.352 e. The number of hydrogen-bond donors (Lipinski definition) is 1. The molecule has 0 aromatic heterocycles. The zero-order chi connectivity index (χ0) is 23.0. The second kappa shape index (κ2) is 12.7. The minimum atomic E-state index is -0.593. The van der Waals surface area contributed by atoms with Crippen molar-refractivity contribution < 1.29 is 9.59 Å². The van der Waals surface area contributed by atoms with E-state index < -0.39 is 6.04 Å². The summed E-state index contributed by atoms with van der Waals surface area (Å²) in [5.41, 5.74) is 1.76. The van der Waals surface area contributed by atoms with Crippen LogP contribution in [0.2, 0.25) is 10.0 Å². The molecule has 168 valence electrons. The van der Waals surface area contributed by atoms with Crippen LogP contribution in [0.1, 0.15) is 38.3 Å². The molecule has 1 N–H and O–H groups in total. The first-order chi connectivity index (χ1) is 14.7. The lowest BCUT2D eigenvalue weighted by Crippen LogP contribution is -2.50. The molecule has 0 aliphatic rings. The summed E-state index contributed by atoms with van der Waals surface area (Å²) in [6.07, 6.45) is 0.826. The smallest absolute Gasteiger partial charge is 0.242 e. The third kappa shape index (κ3) is 8.01. The van der Waals surface area contributed by atoms with Crippen molar-refractivity contribution in [2.24, 2.45) is 0 Å². The van der Waals surface area contributed by atoms with Gasteiger partial charge in [0.05, 0.1) is 5.75 Å². The Balaban J connectivity index is 2.12. The summed E-state index contributed by atoms with van der Waals surface area (Å²) in [7, 11) is 0. The molecule has 0 saturated carbocycles. The third-order valence-corrected chi connectivity index (χ3v) is 7.09. The molecule has 2 aromatic carbocycles. The fraction of sp³-hybridized carbons (Fsp3) is 0.391. The zero-order valence-electron chi connectivity index (χ0n) is 17.8. The Morgan fingerprint density at radius 1 is 1.13 bits per heavy atom. The normalized spacial score (nSPS) is 12.8. The average molecular weight is 546 g/mol. The number of thioether (sulfide) groups is 1. The fourth-order valence-corrected chi connectivity index (χ4v) is 4.97. The molecular weight excluding hydrogens is 519 g/mol. The summed E-state index contributed by atoms with van der Waals surface area (Å²) in [4.78, 5) is 27.5. The highest BCUT2D eigenvalue weighted by molar-refractivity contribution is 9.10. The second-order valence-electron chi connectivity index (χ2n) is 7.34. The number of rotatable bonds is 10. The van der Waals surface area contributed by atoms with Crippen molar-refractivity contribution in [1.82, 2.24) is 10.2 Å². The van der Waals surface area contributed by atoms with E-state index in [4.69, 9.17) is 23.2 Å². The van der Waals surface area contributed by atoms with Gasteiger partial charge in [0.15, 0.2) is 0 Å². The van der Waals surface area contributed by atoms with E-state index in [1.165, 1.54) is 11.8 Å². The molecule has 0 radical (unpaired) electrons. The van der Waals surface area contributed by atoms with Crippen molar-refractivity contribution in [2.45, 2.75) is 51.6 Å². The number of hydrogen-bond acceptors (Lipinski definition) is 3. The van der Waals surface area contributed by atoms with Crippen molar-refractivity contribution in [3.63, 3.8) is 0 Å². The summed E-state index contributed by atoms with van der Waals surface area (Å²) in [6, 6.07) is 12.6. The van der Waals surface area contributed by atoms with Gasteiger partial charge in [-0.3, -0.25) is 9.59 Å². The molecule has 0 unspecified atom stereocenters. The van der Waals surface area contributed by atoms with E-state index in [0.717, 1.165) is 22.0 Å². The van der Waals surface area contributed by atoms with Gasteiger partial charge in [-0.05, 0) is 55.7 Å². The Labute approximate surface area is 207 Å². The van der Waals surface area contributed by atoms with Gasteiger partial charge in [-0.1, -0.05) is 64.3 Å². The van der Waals surface area contributed by atoms with Crippen LogP contribution in [0.5, 0.6) is 0 Å². The van der Waals surface area contributed by atoms with Gasteiger partial charge in [-0.15, -0.1) is 11.8 Å². The Hall–Kier alpha value is -1.21. The van der Waals surface area contributed by atoms with E-state index in [1.807, 2.05) is 38.1 Å². The molecule has 2 amide bonds. The number of halogens is 3. The van der Waals surface area contributed by atoms with Crippen molar-refractivity contribution in [3.05, 3.63) is 68.1 Å². The molecule has 0 spiro atoms. The standard InChI is InChI=1S/C23H27BrCl2N2O2S/c1-4-15(2)27-23(30)16(3)28(12-17-7-5-8-18(24)11-17)22(29)14-31-13-19-20(25)9-6-10-21(19)26/h5-11,15-16H,4,12-14H2,1-3H3,(H,27,30)/t15-,16+/m0/s1. The minimum absolute atomic E-state index is 0.0505. The molecule has 4 nitrogen and oxygen atoms in total. The molecule has 0 heterocycles. The Bertz CT molecular complexity index is 893. The van der Waals surface area contributed by atoms with Gasteiger partial charge in [0, 0.05) is 32.9 Å². The molecule has 31 heavy (non-hydrogen) atoms. The molecule has 2 atom stereocenters. The lowest BCUT2D eigenvalue weighted by Gasteiger charge is -2.29. The predicted octanol–water partition coefficient (Wildman–Crippen LogP) is 6.32. The third-order valence-electron chi connectivity index (χ3n) is 4.94. The lowest BCUT2D eigenvalue weighted by molar-refractivity contribution is -0.138. The van der Waals surface area contributed by atoms with Crippen molar-refractivity contribution >= 4 is 62.7 Å². The van der Waals surface area contributed by atoms with Crippen LogP contribution in [0, 0.1) is 0 Å². The van der Waals surface area contributed by atoms with Gasteiger partial charge < -0.3 is 10.2 Å². The second-order valence-corrected chi connectivity index (χ2v) is 10.1. The van der Waals surface area contributed by atoms with Gasteiger partial charge in [0.1, 0.15) is 6.04 Å². The summed E-state index contributed by atoms with van der Waals surface area (Å²) in [5.74, 6) is 0.468. The molecule has 0 bridgehead atoms. The fourth-order valence-electron chi connectivity index (χ4n) is 2.87. The van der Waals surface area contributed by atoms with Crippen LogP contribution in [0.4, 0.5) is 0 Å². The van der Waals surface area contributed by atoms with Gasteiger partial charge >= 0.3 is 0 Å². The number of benzene rings is 2. The van der Waals surface area contributed by atoms with Crippen molar-refractivity contribution in [2.75, 3.05) is 5.75 Å². The molecule has 2 aromatic rings. The Kier molecular flexibility index (Phi) is 10.7. The summed E-state index contributed by atoms with van der Waals surface area (Å²) < 4.78 is 0.928.